The zero-order valence-corrected chi connectivity index (χ0v) is 14.2. The molecule has 0 aliphatic rings. The summed E-state index contributed by atoms with van der Waals surface area (Å²) in [6.07, 6.45) is 3.39. The van der Waals surface area contributed by atoms with Gasteiger partial charge in [-0.15, -0.1) is 10.2 Å². The van der Waals surface area contributed by atoms with E-state index in [1.165, 1.54) is 0 Å². The standard InChI is InChI=1S/C17H14BrN5O/c18-13-5-1-2-6-14(13)21-16-8-7-15(22-23-16)17(24)20-11-12-4-3-9-19-10-12/h1-10H,11H2,(H,20,24)(H,21,23). The van der Waals surface area contributed by atoms with Gasteiger partial charge in [-0.05, 0) is 51.8 Å². The normalized spacial score (nSPS) is 10.2. The number of amides is 1. The molecule has 0 spiro atoms. The Bertz CT molecular complexity index is 824. The van der Waals surface area contributed by atoms with Gasteiger partial charge in [-0.25, -0.2) is 0 Å². The van der Waals surface area contributed by atoms with Crippen LogP contribution in [0.1, 0.15) is 16.1 Å². The van der Waals surface area contributed by atoms with E-state index >= 15 is 0 Å². The number of nitrogens with one attached hydrogen (secondary N) is 2. The predicted octanol–water partition coefficient (Wildman–Crippen LogP) is 3.31. The van der Waals surface area contributed by atoms with Crippen LogP contribution in [-0.2, 0) is 6.54 Å². The van der Waals surface area contributed by atoms with Crippen LogP contribution in [0.4, 0.5) is 11.5 Å². The first kappa shape index (κ1) is 16.1. The Labute approximate surface area is 147 Å². The lowest BCUT2D eigenvalue weighted by Gasteiger charge is -2.08. The summed E-state index contributed by atoms with van der Waals surface area (Å²) < 4.78 is 0.921. The quantitative estimate of drug-likeness (QED) is 0.706. The van der Waals surface area contributed by atoms with Crippen molar-refractivity contribution in [2.45, 2.75) is 6.54 Å². The van der Waals surface area contributed by atoms with Gasteiger partial charge in [0.05, 0.1) is 5.69 Å². The number of pyridine rings is 1. The Balaban J connectivity index is 1.61. The fourth-order valence-corrected chi connectivity index (χ4v) is 2.38. The van der Waals surface area contributed by atoms with E-state index < -0.39 is 0 Å². The van der Waals surface area contributed by atoms with Gasteiger partial charge in [0.25, 0.3) is 5.91 Å². The lowest BCUT2D eigenvalue weighted by Crippen LogP contribution is -2.24. The maximum Gasteiger partial charge on any atom is 0.272 e. The number of aromatic nitrogens is 3. The van der Waals surface area contributed by atoms with Crippen molar-refractivity contribution in [2.24, 2.45) is 0 Å². The van der Waals surface area contributed by atoms with Crippen LogP contribution < -0.4 is 10.6 Å². The Hall–Kier alpha value is -2.80. The Morgan fingerprint density at radius 2 is 1.92 bits per heavy atom. The molecule has 1 aromatic carbocycles. The molecular formula is C17H14BrN5O. The summed E-state index contributed by atoms with van der Waals surface area (Å²) in [5, 5.41) is 13.9. The van der Waals surface area contributed by atoms with E-state index in [-0.39, 0.29) is 11.6 Å². The lowest BCUT2D eigenvalue weighted by atomic mass is 10.3. The van der Waals surface area contributed by atoms with Gasteiger partial charge in [-0.3, -0.25) is 9.78 Å². The van der Waals surface area contributed by atoms with E-state index in [4.69, 9.17) is 0 Å². The molecule has 2 N–H and O–H groups in total. The van der Waals surface area contributed by atoms with Crippen LogP contribution in [0.3, 0.4) is 0 Å². The molecule has 0 saturated heterocycles. The minimum atomic E-state index is -0.279. The SMILES string of the molecule is O=C(NCc1cccnc1)c1ccc(Nc2ccccc2Br)nn1. The highest BCUT2D eigenvalue weighted by Crippen LogP contribution is 2.24. The second-order valence-corrected chi connectivity index (χ2v) is 5.81. The van der Waals surface area contributed by atoms with Gasteiger partial charge in [0.1, 0.15) is 0 Å². The van der Waals surface area contributed by atoms with Crippen molar-refractivity contribution in [1.82, 2.24) is 20.5 Å². The summed E-state index contributed by atoms with van der Waals surface area (Å²) >= 11 is 3.45. The maximum atomic E-state index is 12.1. The molecule has 0 atom stereocenters. The number of nitrogens with zero attached hydrogens (tertiary/aromatic N) is 3. The minimum absolute atomic E-state index is 0.261. The van der Waals surface area contributed by atoms with E-state index in [1.807, 2.05) is 36.4 Å². The molecule has 2 heterocycles. The van der Waals surface area contributed by atoms with Gasteiger partial charge < -0.3 is 10.6 Å². The van der Waals surface area contributed by atoms with Crippen molar-refractivity contribution in [2.75, 3.05) is 5.32 Å². The van der Waals surface area contributed by atoms with E-state index in [1.54, 1.807) is 24.5 Å². The van der Waals surface area contributed by atoms with Crippen LogP contribution in [-0.4, -0.2) is 21.1 Å². The summed E-state index contributed by atoms with van der Waals surface area (Å²) in [5.74, 6) is 0.282. The lowest BCUT2D eigenvalue weighted by molar-refractivity contribution is 0.0945. The second kappa shape index (κ2) is 7.65. The van der Waals surface area contributed by atoms with Gasteiger partial charge in [-0.2, -0.15) is 0 Å². The molecule has 6 nitrogen and oxygen atoms in total. The molecule has 1 amide bonds. The maximum absolute atomic E-state index is 12.1. The van der Waals surface area contributed by atoms with Crippen molar-refractivity contribution in [3.8, 4) is 0 Å². The molecule has 0 fully saturated rings. The topological polar surface area (TPSA) is 79.8 Å². The number of halogens is 1. The monoisotopic (exact) mass is 383 g/mol. The van der Waals surface area contributed by atoms with Gasteiger partial charge >= 0.3 is 0 Å². The zero-order valence-electron chi connectivity index (χ0n) is 12.6. The third-order valence-electron chi connectivity index (χ3n) is 3.21. The van der Waals surface area contributed by atoms with Crippen LogP contribution in [0.2, 0.25) is 0 Å². The largest absolute Gasteiger partial charge is 0.347 e. The first-order valence-corrected chi connectivity index (χ1v) is 8.04. The molecule has 3 rings (SSSR count). The highest BCUT2D eigenvalue weighted by Gasteiger charge is 2.08. The van der Waals surface area contributed by atoms with Gasteiger partial charge in [0, 0.05) is 23.4 Å². The summed E-state index contributed by atoms with van der Waals surface area (Å²) in [7, 11) is 0. The molecule has 3 aromatic rings. The fraction of sp³-hybridized carbons (Fsp3) is 0.0588. The van der Waals surface area contributed by atoms with Gasteiger partial charge in [0.2, 0.25) is 0 Å². The summed E-state index contributed by atoms with van der Waals surface area (Å²) in [4.78, 5) is 16.1. The molecule has 0 radical (unpaired) electrons. The number of benzene rings is 1. The van der Waals surface area contributed by atoms with Crippen LogP contribution in [0.15, 0.2) is 65.4 Å². The first-order valence-electron chi connectivity index (χ1n) is 7.25. The van der Waals surface area contributed by atoms with Crippen molar-refractivity contribution in [3.63, 3.8) is 0 Å². The minimum Gasteiger partial charge on any atom is -0.347 e. The third kappa shape index (κ3) is 4.14. The summed E-state index contributed by atoms with van der Waals surface area (Å²) in [6.45, 7) is 0.394. The van der Waals surface area contributed by atoms with Crippen LogP contribution >= 0.6 is 15.9 Å². The number of hydrogen-bond donors (Lipinski definition) is 2. The van der Waals surface area contributed by atoms with Gasteiger partial charge in [0.15, 0.2) is 11.5 Å². The molecule has 0 saturated carbocycles. The molecule has 0 aliphatic heterocycles. The molecule has 0 aliphatic carbocycles. The molecule has 0 unspecified atom stereocenters. The molecule has 120 valence electrons. The molecular weight excluding hydrogens is 370 g/mol. The Morgan fingerprint density at radius 1 is 1.04 bits per heavy atom. The number of carbonyl (C=O) groups excluding carboxylic acids is 1. The van der Waals surface area contributed by atoms with Crippen molar-refractivity contribution in [1.29, 1.82) is 0 Å². The van der Waals surface area contributed by atoms with E-state index in [0.717, 1.165) is 15.7 Å². The average Bonchev–Trinajstić information content (AvgIpc) is 2.63. The fourth-order valence-electron chi connectivity index (χ4n) is 2.00. The first-order chi connectivity index (χ1) is 11.7. The average molecular weight is 384 g/mol. The van der Waals surface area contributed by atoms with Gasteiger partial charge in [-0.1, -0.05) is 18.2 Å². The number of anilines is 2. The van der Waals surface area contributed by atoms with Crippen LogP contribution in [0.25, 0.3) is 0 Å². The van der Waals surface area contributed by atoms with Crippen LogP contribution in [0, 0.1) is 0 Å². The smallest absolute Gasteiger partial charge is 0.272 e. The predicted molar refractivity (Wildman–Crippen MR) is 94.9 cm³/mol. The molecule has 0 bridgehead atoms. The second-order valence-electron chi connectivity index (χ2n) is 4.95. The summed E-state index contributed by atoms with van der Waals surface area (Å²) in [6, 6.07) is 14.7. The number of carbonyl (C=O) groups is 1. The number of para-hydroxylation sites is 1. The molecule has 7 heteroatoms. The van der Waals surface area contributed by atoms with Crippen molar-refractivity contribution >= 4 is 33.3 Å². The molecule has 2 aromatic heterocycles. The van der Waals surface area contributed by atoms with Crippen molar-refractivity contribution in [3.05, 3.63) is 76.7 Å². The molecule has 24 heavy (non-hydrogen) atoms. The highest BCUT2D eigenvalue weighted by molar-refractivity contribution is 9.10. The third-order valence-corrected chi connectivity index (χ3v) is 3.90. The number of rotatable bonds is 5. The Kier molecular flexibility index (Phi) is 5.12. The van der Waals surface area contributed by atoms with E-state index in [9.17, 15) is 4.79 Å². The summed E-state index contributed by atoms with van der Waals surface area (Å²) in [5.41, 5.74) is 2.06. The van der Waals surface area contributed by atoms with Crippen LogP contribution in [0.5, 0.6) is 0 Å². The van der Waals surface area contributed by atoms with Crippen molar-refractivity contribution < 1.29 is 4.79 Å². The number of hydrogen-bond acceptors (Lipinski definition) is 5. The highest BCUT2D eigenvalue weighted by atomic mass is 79.9. The Morgan fingerprint density at radius 3 is 2.62 bits per heavy atom. The van der Waals surface area contributed by atoms with E-state index in [0.29, 0.717) is 12.4 Å². The van der Waals surface area contributed by atoms with E-state index in [2.05, 4.69) is 41.7 Å². The zero-order chi connectivity index (χ0) is 16.8.